The van der Waals surface area contributed by atoms with Gasteiger partial charge < -0.3 is 5.32 Å². The van der Waals surface area contributed by atoms with Crippen molar-refractivity contribution in [1.82, 2.24) is 15.1 Å². The molecule has 0 aromatic heterocycles. The molecule has 2 aliphatic rings. The van der Waals surface area contributed by atoms with Crippen molar-refractivity contribution in [1.29, 1.82) is 0 Å². The molecule has 0 radical (unpaired) electrons. The van der Waals surface area contributed by atoms with E-state index in [9.17, 15) is 19.2 Å². The van der Waals surface area contributed by atoms with Crippen LogP contribution in [-0.2, 0) is 27.2 Å². The summed E-state index contributed by atoms with van der Waals surface area (Å²) < 4.78 is 0. The number of amides is 5. The molecule has 1 aromatic carbocycles. The van der Waals surface area contributed by atoms with Crippen molar-refractivity contribution in [2.24, 2.45) is 0 Å². The summed E-state index contributed by atoms with van der Waals surface area (Å²) in [5.41, 5.74) is 3.67. The fourth-order valence-electron chi connectivity index (χ4n) is 3.29. The molecule has 1 fully saturated rings. The normalized spacial score (nSPS) is 18.4. The fourth-order valence-corrected chi connectivity index (χ4v) is 3.29. The minimum absolute atomic E-state index is 0.249. The Kier molecular flexibility index (Phi) is 4.57. The molecule has 1 aromatic rings. The number of carbonyl (C=O) groups is 4. The van der Waals surface area contributed by atoms with E-state index in [1.807, 2.05) is 13.0 Å². The van der Waals surface area contributed by atoms with Gasteiger partial charge in [-0.15, -0.1) is 0 Å². The molecule has 1 N–H and O–H groups in total. The average molecular weight is 343 g/mol. The lowest BCUT2D eigenvalue weighted by atomic mass is 9.89. The number of rotatable bonds is 4. The summed E-state index contributed by atoms with van der Waals surface area (Å²) in [5.74, 6) is -2.36. The van der Waals surface area contributed by atoms with Crippen molar-refractivity contribution in [3.63, 3.8) is 0 Å². The molecule has 7 heteroatoms. The van der Waals surface area contributed by atoms with Gasteiger partial charge in [-0.25, -0.2) is 9.69 Å². The summed E-state index contributed by atoms with van der Waals surface area (Å²) in [6, 6.07) is 5.20. The van der Waals surface area contributed by atoms with Crippen LogP contribution in [0.5, 0.6) is 0 Å². The van der Waals surface area contributed by atoms with Crippen LogP contribution in [0.15, 0.2) is 18.2 Å². The summed E-state index contributed by atoms with van der Waals surface area (Å²) >= 11 is 0. The molecule has 1 aliphatic heterocycles. The molecule has 0 bridgehead atoms. The number of aryl methyl sites for hydroxylation is 2. The smallest absolute Gasteiger partial charge is 0.334 e. The molecular weight excluding hydrogens is 322 g/mol. The second kappa shape index (κ2) is 6.66. The van der Waals surface area contributed by atoms with Crippen LogP contribution in [0.25, 0.3) is 0 Å². The zero-order valence-electron chi connectivity index (χ0n) is 14.4. The van der Waals surface area contributed by atoms with Crippen LogP contribution in [0.2, 0.25) is 0 Å². The maximum absolute atomic E-state index is 12.2. The largest absolute Gasteiger partial charge is 0.348 e. The van der Waals surface area contributed by atoms with E-state index < -0.39 is 30.3 Å². The van der Waals surface area contributed by atoms with Crippen LogP contribution in [0.3, 0.4) is 0 Å². The maximum atomic E-state index is 12.2. The number of hydrogen-bond donors (Lipinski definition) is 1. The van der Waals surface area contributed by atoms with Gasteiger partial charge in [0.25, 0.3) is 0 Å². The highest BCUT2D eigenvalue weighted by Crippen LogP contribution is 2.24. The Hall–Kier alpha value is -2.70. The predicted molar refractivity (Wildman–Crippen MR) is 89.5 cm³/mol. The first-order chi connectivity index (χ1) is 11.9. The zero-order chi connectivity index (χ0) is 18.1. The van der Waals surface area contributed by atoms with Crippen molar-refractivity contribution in [3.8, 4) is 0 Å². The number of likely N-dealkylation sites (N-methyl/N-ethyl adjacent to an activating group) is 1. The number of urea groups is 1. The molecule has 132 valence electrons. The fraction of sp³-hybridized carbons (Fsp3) is 0.444. The Labute approximate surface area is 146 Å². The van der Waals surface area contributed by atoms with Crippen molar-refractivity contribution in [3.05, 3.63) is 34.9 Å². The van der Waals surface area contributed by atoms with Crippen molar-refractivity contribution in [2.45, 2.75) is 38.6 Å². The van der Waals surface area contributed by atoms with E-state index in [-0.39, 0.29) is 6.04 Å². The summed E-state index contributed by atoms with van der Waals surface area (Å²) in [5, 5.41) is 2.79. The van der Waals surface area contributed by atoms with Gasteiger partial charge in [-0.3, -0.25) is 19.3 Å². The third-order valence-corrected chi connectivity index (χ3v) is 4.80. The molecule has 1 atom stereocenters. The Bertz CT molecular complexity index is 759. The molecular formula is C18H21N3O4. The highest BCUT2D eigenvalue weighted by atomic mass is 16.2. The lowest BCUT2D eigenvalue weighted by Gasteiger charge is -2.21. The van der Waals surface area contributed by atoms with E-state index in [1.165, 1.54) is 31.0 Å². The first-order valence-corrected chi connectivity index (χ1v) is 8.43. The van der Waals surface area contributed by atoms with Crippen LogP contribution in [-0.4, -0.2) is 47.1 Å². The molecule has 25 heavy (non-hydrogen) atoms. The number of nitrogens with one attached hydrogen (secondary N) is 1. The van der Waals surface area contributed by atoms with Crippen LogP contribution >= 0.6 is 0 Å². The lowest BCUT2D eigenvalue weighted by Crippen LogP contribution is -2.41. The van der Waals surface area contributed by atoms with E-state index in [1.54, 1.807) is 0 Å². The predicted octanol–water partition coefficient (Wildman–Crippen LogP) is 1.16. The molecule has 0 unspecified atom stereocenters. The Morgan fingerprint density at radius 1 is 1.12 bits per heavy atom. The highest BCUT2D eigenvalue weighted by Gasteiger charge is 2.43. The molecule has 7 nitrogen and oxygen atoms in total. The Balaban J connectivity index is 1.64. The van der Waals surface area contributed by atoms with Crippen molar-refractivity contribution in [2.75, 3.05) is 13.6 Å². The van der Waals surface area contributed by atoms with Crippen molar-refractivity contribution < 1.29 is 19.2 Å². The Morgan fingerprint density at radius 3 is 2.44 bits per heavy atom. The van der Waals surface area contributed by atoms with Gasteiger partial charge in [0.1, 0.15) is 6.54 Å². The third kappa shape index (κ3) is 3.26. The number of imide groups is 2. The summed E-state index contributed by atoms with van der Waals surface area (Å²) in [6.07, 6.45) is 4.54. The lowest BCUT2D eigenvalue weighted by molar-refractivity contribution is -0.143. The van der Waals surface area contributed by atoms with E-state index in [4.69, 9.17) is 0 Å². The first-order valence-electron chi connectivity index (χ1n) is 8.43. The van der Waals surface area contributed by atoms with E-state index in [2.05, 4.69) is 17.4 Å². The summed E-state index contributed by atoms with van der Waals surface area (Å²) in [4.78, 5) is 48.6. The Morgan fingerprint density at radius 2 is 1.80 bits per heavy atom. The number of benzene rings is 1. The van der Waals surface area contributed by atoms with Gasteiger partial charge in [0, 0.05) is 7.05 Å². The van der Waals surface area contributed by atoms with Crippen LogP contribution < -0.4 is 5.32 Å². The average Bonchev–Trinajstić information content (AvgIpc) is 2.79. The topological polar surface area (TPSA) is 86.8 Å². The zero-order valence-corrected chi connectivity index (χ0v) is 14.4. The number of nitrogens with zero attached hydrogens (tertiary/aromatic N) is 2. The number of hydrogen-bond acceptors (Lipinski definition) is 4. The minimum Gasteiger partial charge on any atom is -0.348 e. The van der Waals surface area contributed by atoms with E-state index in [0.29, 0.717) is 9.80 Å². The first kappa shape index (κ1) is 17.1. The minimum atomic E-state index is -0.968. The van der Waals surface area contributed by atoms with Gasteiger partial charge in [0.05, 0.1) is 6.04 Å². The van der Waals surface area contributed by atoms with Gasteiger partial charge in [-0.1, -0.05) is 18.2 Å². The number of carbonyl (C=O) groups excluding carboxylic acids is 4. The van der Waals surface area contributed by atoms with Crippen molar-refractivity contribution >= 4 is 23.8 Å². The molecule has 0 spiro atoms. The summed E-state index contributed by atoms with van der Waals surface area (Å²) in [7, 11) is 1.22. The van der Waals surface area contributed by atoms with E-state index >= 15 is 0 Å². The van der Waals surface area contributed by atoms with Gasteiger partial charge in [0.2, 0.25) is 5.91 Å². The second-order valence-corrected chi connectivity index (χ2v) is 6.56. The quantitative estimate of drug-likeness (QED) is 0.657. The SMILES string of the molecule is C[C@H](NC(=O)CN1C(=O)C(=O)N(C)C1=O)c1ccc2c(c1)CCCC2. The van der Waals surface area contributed by atoms with E-state index in [0.717, 1.165) is 18.4 Å². The summed E-state index contributed by atoms with van der Waals surface area (Å²) in [6.45, 7) is 1.40. The number of fused-ring (bicyclic) bond motifs is 1. The van der Waals surface area contributed by atoms with Crippen LogP contribution in [0, 0.1) is 0 Å². The molecule has 1 saturated heterocycles. The van der Waals surface area contributed by atoms with Crippen LogP contribution in [0.1, 0.15) is 42.5 Å². The van der Waals surface area contributed by atoms with Crippen LogP contribution in [0.4, 0.5) is 4.79 Å². The molecule has 1 heterocycles. The van der Waals surface area contributed by atoms with Gasteiger partial charge in [-0.2, -0.15) is 0 Å². The standard InChI is InChI=1S/C18H21N3O4/c1-11(13-8-7-12-5-3-4-6-14(12)9-13)19-15(22)10-21-17(24)16(23)20(2)18(21)25/h7-9,11H,3-6,10H2,1-2H3,(H,19,22)/t11-/m0/s1. The molecule has 3 rings (SSSR count). The second-order valence-electron chi connectivity index (χ2n) is 6.56. The molecule has 1 aliphatic carbocycles. The van der Waals surface area contributed by atoms with Gasteiger partial charge >= 0.3 is 17.8 Å². The van der Waals surface area contributed by atoms with Gasteiger partial charge in [0.15, 0.2) is 0 Å². The monoisotopic (exact) mass is 343 g/mol. The third-order valence-electron chi connectivity index (χ3n) is 4.80. The maximum Gasteiger partial charge on any atom is 0.334 e. The highest BCUT2D eigenvalue weighted by molar-refractivity contribution is 6.44. The molecule has 5 amide bonds. The van der Waals surface area contributed by atoms with Gasteiger partial charge in [-0.05, 0) is 49.3 Å². The molecule has 0 saturated carbocycles.